The lowest BCUT2D eigenvalue weighted by Gasteiger charge is -2.43. The molecule has 0 spiro atoms. The molecule has 12 nitrogen and oxygen atoms in total. The van der Waals surface area contributed by atoms with Crippen molar-refractivity contribution in [2.75, 3.05) is 10.2 Å². The number of nitrogens with two attached hydrogens (primary N) is 2. The second kappa shape index (κ2) is 12.3. The second-order valence-corrected chi connectivity index (χ2v) is 13.3. The van der Waals surface area contributed by atoms with E-state index in [1.54, 1.807) is 24.3 Å². The van der Waals surface area contributed by atoms with Crippen LogP contribution in [0.4, 0.5) is 16.3 Å². The van der Waals surface area contributed by atoms with Crippen LogP contribution in [0.1, 0.15) is 103 Å². The van der Waals surface area contributed by atoms with Crippen molar-refractivity contribution in [1.29, 1.82) is 0 Å². The first-order valence-corrected chi connectivity index (χ1v) is 15.4. The molecule has 1 aliphatic carbocycles. The number of pyridine rings is 1. The van der Waals surface area contributed by atoms with Gasteiger partial charge in [0.2, 0.25) is 5.91 Å². The number of nitrogens with zero attached hydrogens (tertiary/aromatic N) is 3. The lowest BCUT2D eigenvalue weighted by atomic mass is 9.87. The molecule has 12 heteroatoms. The quantitative estimate of drug-likeness (QED) is 0.301. The van der Waals surface area contributed by atoms with Crippen molar-refractivity contribution in [2.45, 2.75) is 108 Å². The van der Waals surface area contributed by atoms with Gasteiger partial charge in [0.15, 0.2) is 0 Å². The molecule has 1 aromatic carbocycles. The number of hydrogen-bond acceptors (Lipinski definition) is 7. The topological polar surface area (TPSA) is 184 Å². The number of benzene rings is 1. The maximum atomic E-state index is 13.4. The summed E-state index contributed by atoms with van der Waals surface area (Å²) in [4.78, 5) is 57.3. The van der Waals surface area contributed by atoms with E-state index in [1.165, 1.54) is 11.1 Å². The van der Waals surface area contributed by atoms with E-state index in [0.29, 0.717) is 35.2 Å². The van der Waals surface area contributed by atoms with Crippen molar-refractivity contribution >= 4 is 35.3 Å². The monoisotopic (exact) mass is 605 g/mol. The van der Waals surface area contributed by atoms with Gasteiger partial charge in [-0.2, -0.15) is 0 Å². The highest BCUT2D eigenvalue weighted by Gasteiger charge is 2.42. The molecule has 2 bridgehead atoms. The molecule has 2 aromatic rings. The van der Waals surface area contributed by atoms with Crippen LogP contribution in [0.15, 0.2) is 36.5 Å². The van der Waals surface area contributed by atoms with Crippen molar-refractivity contribution in [2.24, 2.45) is 11.5 Å². The number of carbonyl (C=O) groups excluding carboxylic acids is 3. The Morgan fingerprint density at radius 3 is 2.05 bits per heavy atom. The molecule has 7 N–H and O–H groups in total. The maximum absolute atomic E-state index is 13.4. The normalized spacial score (nSPS) is 24.8. The molecule has 3 heterocycles. The van der Waals surface area contributed by atoms with E-state index < -0.39 is 23.4 Å². The predicted molar refractivity (Wildman–Crippen MR) is 167 cm³/mol. The lowest BCUT2D eigenvalue weighted by molar-refractivity contribution is 0.0556. The number of carboxylic acid groups (broad SMARTS) is 1. The van der Waals surface area contributed by atoms with Crippen LogP contribution in [0.3, 0.4) is 0 Å². The average Bonchev–Trinajstić information content (AvgIpc) is 3.22. The Bertz CT molecular complexity index is 1400. The molecule has 236 valence electrons. The molecule has 1 aromatic heterocycles. The summed E-state index contributed by atoms with van der Waals surface area (Å²) in [7, 11) is 0. The zero-order valence-corrected chi connectivity index (χ0v) is 25.6. The van der Waals surface area contributed by atoms with Gasteiger partial charge in [0.05, 0.1) is 11.1 Å². The number of anilines is 2. The molecule has 1 saturated carbocycles. The van der Waals surface area contributed by atoms with Crippen molar-refractivity contribution in [3.8, 4) is 0 Å². The Kier molecular flexibility index (Phi) is 8.71. The van der Waals surface area contributed by atoms with Crippen LogP contribution in [-0.2, 0) is 0 Å². The minimum Gasteiger partial charge on any atom is -0.465 e. The van der Waals surface area contributed by atoms with E-state index in [2.05, 4.69) is 20.5 Å². The molecule has 0 radical (unpaired) electrons. The minimum absolute atomic E-state index is 0.0105. The van der Waals surface area contributed by atoms with Crippen molar-refractivity contribution in [1.82, 2.24) is 15.2 Å². The summed E-state index contributed by atoms with van der Waals surface area (Å²) in [5.74, 6) is -0.490. The summed E-state index contributed by atoms with van der Waals surface area (Å²) in [5.41, 5.74) is 12.2. The third kappa shape index (κ3) is 6.58. The number of nitrogens with one attached hydrogen (secondary N) is 2. The maximum Gasteiger partial charge on any atom is 0.407 e. The van der Waals surface area contributed by atoms with Crippen LogP contribution in [-0.4, -0.2) is 74.6 Å². The summed E-state index contributed by atoms with van der Waals surface area (Å²) in [6.45, 7) is 5.70. The third-order valence-corrected chi connectivity index (χ3v) is 9.26. The largest absolute Gasteiger partial charge is 0.465 e. The van der Waals surface area contributed by atoms with Crippen LogP contribution in [0.5, 0.6) is 0 Å². The summed E-state index contributed by atoms with van der Waals surface area (Å²) < 4.78 is 0. The number of carbonyl (C=O) groups is 4. The molecule has 2 saturated heterocycles. The number of piperidine rings is 1. The molecule has 2 aliphatic heterocycles. The Morgan fingerprint density at radius 1 is 0.886 bits per heavy atom. The van der Waals surface area contributed by atoms with E-state index in [4.69, 9.17) is 11.5 Å². The number of amides is 4. The zero-order valence-electron chi connectivity index (χ0n) is 25.6. The third-order valence-electron chi connectivity index (χ3n) is 9.26. The lowest BCUT2D eigenvalue weighted by Crippen LogP contribution is -2.52. The first-order chi connectivity index (χ1) is 20.8. The number of rotatable bonds is 8. The van der Waals surface area contributed by atoms with Gasteiger partial charge < -0.3 is 37.0 Å². The van der Waals surface area contributed by atoms with Gasteiger partial charge in [-0.15, -0.1) is 0 Å². The number of hydrogen-bond donors (Lipinski definition) is 5. The Balaban J connectivity index is 1.22. The van der Waals surface area contributed by atoms with Gasteiger partial charge in [0, 0.05) is 53.2 Å². The molecule has 5 rings (SSSR count). The first kappa shape index (κ1) is 31.1. The summed E-state index contributed by atoms with van der Waals surface area (Å²) in [6, 6.07) is 8.81. The zero-order chi connectivity index (χ0) is 31.8. The summed E-state index contributed by atoms with van der Waals surface area (Å²) in [5, 5.41) is 16.4. The van der Waals surface area contributed by atoms with Crippen LogP contribution >= 0.6 is 0 Å². The Morgan fingerprint density at radius 2 is 1.52 bits per heavy atom. The van der Waals surface area contributed by atoms with Crippen LogP contribution < -0.4 is 27.0 Å². The molecule has 3 fully saturated rings. The fourth-order valence-electron chi connectivity index (χ4n) is 7.33. The number of primary amides is 2. The Labute approximate surface area is 257 Å². The highest BCUT2D eigenvalue weighted by molar-refractivity contribution is 6.02. The van der Waals surface area contributed by atoms with Gasteiger partial charge in [0.25, 0.3) is 11.8 Å². The first-order valence-electron chi connectivity index (χ1n) is 15.4. The fraction of sp³-hybridized carbons (Fsp3) is 0.531. The van der Waals surface area contributed by atoms with Gasteiger partial charge in [-0.05, 0) is 102 Å². The van der Waals surface area contributed by atoms with Gasteiger partial charge in [-0.25, -0.2) is 9.78 Å². The smallest absolute Gasteiger partial charge is 0.407 e. The van der Waals surface area contributed by atoms with Crippen LogP contribution in [0.2, 0.25) is 0 Å². The molecule has 2 atom stereocenters. The molecule has 0 unspecified atom stereocenters. The SMILES string of the molecule is CC(C)(C)N(C(=O)O)C1CCC(Nc2cc(C(=O)NC3C[C@H]4CC[C@H](C3)N4c3ccc(C(N)=O)cn3)ccc2C(N)=O)CC1. The van der Waals surface area contributed by atoms with Crippen molar-refractivity contribution in [3.63, 3.8) is 0 Å². The fourth-order valence-corrected chi connectivity index (χ4v) is 7.33. The van der Waals surface area contributed by atoms with Crippen molar-refractivity contribution < 1.29 is 24.3 Å². The minimum atomic E-state index is -0.919. The molecule has 4 amide bonds. The van der Waals surface area contributed by atoms with E-state index in [1.807, 2.05) is 26.8 Å². The standard InChI is InChI=1S/C32H43N7O5/c1-32(2,3)39(31(43)44)22-8-6-20(7-9-22)36-26-14-18(4-12-25(26)29(34)41)30(42)37-21-15-23-10-11-24(16-21)38(23)27-13-5-19(17-35-27)28(33)40/h4-5,12-14,17,20-24,36H,6-11,15-16H2,1-3H3,(H2,33,40)(H2,34,41)(H,37,42)(H,43,44)/t20?,22?,23-,24-/m1/s1. The molecular weight excluding hydrogens is 562 g/mol. The van der Waals surface area contributed by atoms with Crippen molar-refractivity contribution in [3.05, 3.63) is 53.2 Å². The summed E-state index contributed by atoms with van der Waals surface area (Å²) >= 11 is 0. The van der Waals surface area contributed by atoms with E-state index in [-0.39, 0.29) is 36.1 Å². The highest BCUT2D eigenvalue weighted by Crippen LogP contribution is 2.39. The van der Waals surface area contributed by atoms with E-state index in [9.17, 15) is 24.3 Å². The molecule has 44 heavy (non-hydrogen) atoms. The summed E-state index contributed by atoms with van der Waals surface area (Å²) in [6.07, 6.45) is 6.97. The van der Waals surface area contributed by atoms with Gasteiger partial charge in [-0.1, -0.05) is 0 Å². The van der Waals surface area contributed by atoms with E-state index in [0.717, 1.165) is 44.3 Å². The van der Waals surface area contributed by atoms with Crippen LogP contribution in [0.25, 0.3) is 0 Å². The highest BCUT2D eigenvalue weighted by atomic mass is 16.4. The van der Waals surface area contributed by atoms with Gasteiger partial charge in [-0.3, -0.25) is 14.4 Å². The van der Waals surface area contributed by atoms with E-state index >= 15 is 0 Å². The average molecular weight is 606 g/mol. The Hall–Kier alpha value is -4.35. The molecule has 3 aliphatic rings. The second-order valence-electron chi connectivity index (χ2n) is 13.3. The predicted octanol–water partition coefficient (Wildman–Crippen LogP) is 3.71. The number of aromatic nitrogens is 1. The number of fused-ring (bicyclic) bond motifs is 2. The molecular formula is C32H43N7O5. The van der Waals surface area contributed by atoms with Gasteiger partial charge in [0.1, 0.15) is 5.82 Å². The van der Waals surface area contributed by atoms with Crippen LogP contribution in [0, 0.1) is 0 Å². The van der Waals surface area contributed by atoms with Gasteiger partial charge >= 0.3 is 6.09 Å².